The molecule has 0 fully saturated rings. The average Bonchev–Trinajstić information content (AvgIpc) is 3.23. The van der Waals surface area contributed by atoms with E-state index in [1.165, 1.54) is 30.4 Å². The van der Waals surface area contributed by atoms with Crippen LogP contribution < -0.4 is 0 Å². The maximum atomic E-state index is 13.1. The molecule has 7 heteroatoms. The minimum absolute atomic E-state index is 0.0496. The smallest absolute Gasteiger partial charge is 0.312 e. The third-order valence-corrected chi connectivity index (χ3v) is 4.77. The first-order valence-electron chi connectivity index (χ1n) is 8.00. The van der Waals surface area contributed by atoms with Gasteiger partial charge in [0.15, 0.2) is 11.5 Å². The number of hydrogen-bond acceptors (Lipinski definition) is 6. The Morgan fingerprint density at radius 2 is 1.92 bits per heavy atom. The van der Waals surface area contributed by atoms with E-state index < -0.39 is 5.97 Å². The third kappa shape index (κ3) is 3.88. The summed E-state index contributed by atoms with van der Waals surface area (Å²) < 4.78 is 24.0. The van der Waals surface area contributed by atoms with Crippen molar-refractivity contribution in [2.75, 3.05) is 6.61 Å². The van der Waals surface area contributed by atoms with Gasteiger partial charge < -0.3 is 9.15 Å². The van der Waals surface area contributed by atoms with Gasteiger partial charge in [0.2, 0.25) is 5.89 Å². The van der Waals surface area contributed by atoms with Crippen LogP contribution in [0.2, 0.25) is 0 Å². The predicted octanol–water partition coefficient (Wildman–Crippen LogP) is 4.52. The van der Waals surface area contributed by atoms with E-state index in [9.17, 15) is 14.0 Å². The van der Waals surface area contributed by atoms with Crippen LogP contribution in [0, 0.1) is 5.82 Å². The normalized spacial score (nSPS) is 10.7. The molecule has 2 aromatic heterocycles. The molecule has 3 rings (SSSR count). The zero-order chi connectivity index (χ0) is 18.7. The number of benzene rings is 1. The number of esters is 1. The molecule has 2 heterocycles. The van der Waals surface area contributed by atoms with Crippen molar-refractivity contribution >= 4 is 23.1 Å². The minimum atomic E-state index is -0.420. The number of ether oxygens (including phenoxy) is 1. The summed E-state index contributed by atoms with van der Waals surface area (Å²) in [5.74, 6) is -0.147. The molecule has 0 aliphatic heterocycles. The quantitative estimate of drug-likeness (QED) is 0.469. The van der Waals surface area contributed by atoms with Gasteiger partial charge in [-0.15, -0.1) is 11.3 Å². The van der Waals surface area contributed by atoms with E-state index in [0.29, 0.717) is 26.8 Å². The van der Waals surface area contributed by atoms with E-state index in [1.807, 2.05) is 0 Å². The summed E-state index contributed by atoms with van der Waals surface area (Å²) in [7, 11) is 0. The number of hydrogen-bond donors (Lipinski definition) is 0. The molecule has 0 saturated heterocycles. The van der Waals surface area contributed by atoms with Gasteiger partial charge in [-0.05, 0) is 50.2 Å². The highest BCUT2D eigenvalue weighted by Gasteiger charge is 2.21. The van der Waals surface area contributed by atoms with Gasteiger partial charge in [0, 0.05) is 5.56 Å². The number of ketones is 1. The van der Waals surface area contributed by atoms with E-state index in [1.54, 1.807) is 31.2 Å². The van der Waals surface area contributed by atoms with Crippen molar-refractivity contribution in [3.63, 3.8) is 0 Å². The van der Waals surface area contributed by atoms with Gasteiger partial charge in [-0.2, -0.15) is 0 Å². The molecule has 3 aromatic rings. The number of carbonyl (C=O) groups excluding carboxylic acids is 2. The van der Waals surface area contributed by atoms with Gasteiger partial charge >= 0.3 is 5.97 Å². The van der Waals surface area contributed by atoms with Crippen LogP contribution in [0.5, 0.6) is 0 Å². The Hall–Kier alpha value is -2.80. The molecule has 0 N–H and O–H groups in total. The first-order chi connectivity index (χ1) is 12.5. The number of aromatic nitrogens is 1. The van der Waals surface area contributed by atoms with E-state index in [0.717, 1.165) is 0 Å². The average molecular weight is 373 g/mol. The Kier molecular flexibility index (Phi) is 5.27. The Morgan fingerprint density at radius 3 is 2.54 bits per heavy atom. The van der Waals surface area contributed by atoms with Crippen molar-refractivity contribution in [3.05, 3.63) is 52.8 Å². The van der Waals surface area contributed by atoms with E-state index in [-0.39, 0.29) is 30.5 Å². The molecular weight excluding hydrogens is 357 g/mol. The standard InChI is InChI=1S/C19H16FNO4S/c1-3-24-17(23)10-14-18(16-9-8-15(26-16)11(2)22)25-19(21-14)12-4-6-13(20)7-5-12/h4-9H,3,10H2,1-2H3. The molecule has 26 heavy (non-hydrogen) atoms. The second kappa shape index (κ2) is 7.61. The third-order valence-electron chi connectivity index (χ3n) is 3.58. The van der Waals surface area contributed by atoms with Crippen LogP contribution in [0.15, 0.2) is 40.8 Å². The summed E-state index contributed by atoms with van der Waals surface area (Å²) in [6.07, 6.45) is -0.0544. The zero-order valence-corrected chi connectivity index (χ0v) is 15.1. The highest BCUT2D eigenvalue weighted by atomic mass is 32.1. The fraction of sp³-hybridized carbons (Fsp3) is 0.211. The molecule has 0 amide bonds. The van der Waals surface area contributed by atoms with Gasteiger partial charge in [-0.25, -0.2) is 9.37 Å². The molecule has 5 nitrogen and oxygen atoms in total. The molecule has 0 unspecified atom stereocenters. The lowest BCUT2D eigenvalue weighted by molar-refractivity contribution is -0.142. The largest absolute Gasteiger partial charge is 0.466 e. The second-order valence-corrected chi connectivity index (χ2v) is 6.59. The number of rotatable bonds is 6. The molecule has 0 saturated carbocycles. The fourth-order valence-corrected chi connectivity index (χ4v) is 3.28. The van der Waals surface area contributed by atoms with Gasteiger partial charge in [0.05, 0.1) is 28.5 Å². The van der Waals surface area contributed by atoms with Crippen molar-refractivity contribution in [1.82, 2.24) is 4.98 Å². The number of halogens is 1. The lowest BCUT2D eigenvalue weighted by Gasteiger charge is -2.00. The fourth-order valence-electron chi connectivity index (χ4n) is 2.38. The van der Waals surface area contributed by atoms with Crippen LogP contribution in [0.4, 0.5) is 4.39 Å². The molecular formula is C19H16FNO4S. The van der Waals surface area contributed by atoms with Crippen LogP contribution in [-0.4, -0.2) is 23.3 Å². The second-order valence-electron chi connectivity index (χ2n) is 5.50. The maximum absolute atomic E-state index is 13.1. The highest BCUT2D eigenvalue weighted by molar-refractivity contribution is 7.17. The monoisotopic (exact) mass is 373 g/mol. The number of Topliss-reactive ketones (excluding diaryl/α,β-unsaturated/α-hetero) is 1. The van der Waals surface area contributed by atoms with Gasteiger partial charge in [0.1, 0.15) is 5.82 Å². The lowest BCUT2D eigenvalue weighted by Crippen LogP contribution is -2.08. The molecule has 0 bridgehead atoms. The zero-order valence-electron chi connectivity index (χ0n) is 14.2. The summed E-state index contributed by atoms with van der Waals surface area (Å²) >= 11 is 1.26. The summed E-state index contributed by atoms with van der Waals surface area (Å²) in [5.41, 5.74) is 1.01. The Bertz CT molecular complexity index is 943. The molecule has 134 valence electrons. The van der Waals surface area contributed by atoms with Gasteiger partial charge in [0.25, 0.3) is 0 Å². The van der Waals surface area contributed by atoms with Crippen molar-refractivity contribution in [2.45, 2.75) is 20.3 Å². The van der Waals surface area contributed by atoms with Crippen molar-refractivity contribution in [1.29, 1.82) is 0 Å². The number of nitrogens with zero attached hydrogens (tertiary/aromatic N) is 1. The van der Waals surface area contributed by atoms with Crippen molar-refractivity contribution in [3.8, 4) is 22.1 Å². The van der Waals surface area contributed by atoms with Crippen LogP contribution >= 0.6 is 11.3 Å². The first kappa shape index (κ1) is 18.0. The van der Waals surface area contributed by atoms with Crippen LogP contribution in [-0.2, 0) is 16.0 Å². The number of thiophene rings is 1. The summed E-state index contributed by atoms with van der Waals surface area (Å²) in [4.78, 5) is 29.1. The van der Waals surface area contributed by atoms with Crippen LogP contribution in [0.25, 0.3) is 22.1 Å². The van der Waals surface area contributed by atoms with Crippen molar-refractivity contribution < 1.29 is 23.1 Å². The molecule has 0 radical (unpaired) electrons. The van der Waals surface area contributed by atoms with Gasteiger partial charge in [-0.3, -0.25) is 9.59 Å². The molecule has 0 aliphatic rings. The summed E-state index contributed by atoms with van der Waals surface area (Å²) in [6, 6.07) is 9.18. The van der Waals surface area contributed by atoms with E-state index in [2.05, 4.69) is 4.98 Å². The molecule has 0 atom stereocenters. The summed E-state index contributed by atoms with van der Waals surface area (Å²) in [6.45, 7) is 3.48. The number of oxazole rings is 1. The summed E-state index contributed by atoms with van der Waals surface area (Å²) in [5, 5.41) is 0. The van der Waals surface area contributed by atoms with Crippen molar-refractivity contribution in [2.24, 2.45) is 0 Å². The SMILES string of the molecule is CCOC(=O)Cc1nc(-c2ccc(F)cc2)oc1-c1ccc(C(C)=O)s1. The van der Waals surface area contributed by atoms with Crippen LogP contribution in [0.3, 0.4) is 0 Å². The molecule has 0 spiro atoms. The number of carbonyl (C=O) groups is 2. The van der Waals surface area contributed by atoms with Crippen LogP contribution in [0.1, 0.15) is 29.2 Å². The van der Waals surface area contributed by atoms with Gasteiger partial charge in [-0.1, -0.05) is 0 Å². The maximum Gasteiger partial charge on any atom is 0.312 e. The molecule has 0 aliphatic carbocycles. The minimum Gasteiger partial charge on any atom is -0.466 e. The molecule has 1 aromatic carbocycles. The highest BCUT2D eigenvalue weighted by Crippen LogP contribution is 2.35. The van der Waals surface area contributed by atoms with E-state index in [4.69, 9.17) is 9.15 Å². The first-order valence-corrected chi connectivity index (χ1v) is 8.82. The topological polar surface area (TPSA) is 69.4 Å². The Morgan fingerprint density at radius 1 is 1.19 bits per heavy atom. The van der Waals surface area contributed by atoms with E-state index >= 15 is 0 Å². The Labute approximate surface area is 153 Å². The Balaban J connectivity index is 2.03. The predicted molar refractivity (Wildman–Crippen MR) is 95.6 cm³/mol. The lowest BCUT2D eigenvalue weighted by atomic mass is 10.2.